The first-order valence-corrected chi connectivity index (χ1v) is 13.1. The number of carbonyl (C=O) groups is 2. The van der Waals surface area contributed by atoms with Crippen molar-refractivity contribution in [1.82, 2.24) is 4.90 Å². The smallest absolute Gasteiger partial charge is 0.250 e. The summed E-state index contributed by atoms with van der Waals surface area (Å²) in [6.07, 6.45) is 0.557. The van der Waals surface area contributed by atoms with Crippen molar-refractivity contribution >= 4 is 52.1 Å². The van der Waals surface area contributed by atoms with Crippen LogP contribution in [0.1, 0.15) is 32.3 Å². The first-order chi connectivity index (χ1) is 15.6. The van der Waals surface area contributed by atoms with Gasteiger partial charge in [-0.1, -0.05) is 41.9 Å². The molecule has 4 aliphatic rings. The molecule has 160 valence electrons. The summed E-state index contributed by atoms with van der Waals surface area (Å²) in [5.41, 5.74) is 1.42. The highest BCUT2D eigenvalue weighted by atomic mass is 35.5. The van der Waals surface area contributed by atoms with Crippen LogP contribution in [0.15, 0.2) is 60.0 Å². The van der Waals surface area contributed by atoms with Gasteiger partial charge in [-0.15, -0.1) is 23.1 Å². The maximum Gasteiger partial charge on any atom is 0.250 e. The maximum atomic E-state index is 14.5. The predicted octanol–water partition coefficient (Wildman–Crippen LogP) is 5.15. The fourth-order valence-corrected chi connectivity index (χ4v) is 9.29. The molecule has 1 amide bonds. The molecule has 7 heteroatoms. The number of nitrogens with zero attached hydrogens (tertiary/aromatic N) is 1. The highest BCUT2D eigenvalue weighted by Gasteiger charge is 2.79. The van der Waals surface area contributed by atoms with Gasteiger partial charge in [0.25, 0.3) is 5.91 Å². The molecule has 32 heavy (non-hydrogen) atoms. The van der Waals surface area contributed by atoms with Crippen molar-refractivity contribution in [3.8, 4) is 0 Å². The quantitative estimate of drug-likeness (QED) is 0.525. The minimum Gasteiger partial charge on any atom is -0.324 e. The van der Waals surface area contributed by atoms with Gasteiger partial charge in [-0.25, -0.2) is 0 Å². The molecule has 2 fully saturated rings. The third kappa shape index (κ3) is 2.06. The van der Waals surface area contributed by atoms with E-state index in [2.05, 4.69) is 27.7 Å². The molecule has 3 aliphatic heterocycles. The maximum absolute atomic E-state index is 14.5. The Morgan fingerprint density at radius 3 is 2.78 bits per heavy atom. The van der Waals surface area contributed by atoms with Crippen LogP contribution >= 0.6 is 34.7 Å². The lowest BCUT2D eigenvalue weighted by atomic mass is 9.59. The third-order valence-corrected chi connectivity index (χ3v) is 10.1. The van der Waals surface area contributed by atoms with Crippen molar-refractivity contribution < 1.29 is 9.59 Å². The van der Waals surface area contributed by atoms with Crippen LogP contribution in [0, 0.1) is 5.41 Å². The average molecular weight is 479 g/mol. The summed E-state index contributed by atoms with van der Waals surface area (Å²) < 4.78 is 0. The largest absolute Gasteiger partial charge is 0.324 e. The zero-order valence-corrected chi connectivity index (χ0v) is 19.4. The van der Waals surface area contributed by atoms with Crippen LogP contribution in [0.3, 0.4) is 0 Å². The molecule has 2 saturated heterocycles. The number of thiophene rings is 1. The number of thioether (sulfide) groups is 1. The van der Waals surface area contributed by atoms with Crippen LogP contribution in [0.25, 0.3) is 0 Å². The highest BCUT2D eigenvalue weighted by Crippen LogP contribution is 2.70. The van der Waals surface area contributed by atoms with E-state index in [1.807, 2.05) is 48.2 Å². The molecular formula is C25H19ClN2O2S2. The first kappa shape index (κ1) is 19.4. The van der Waals surface area contributed by atoms with Gasteiger partial charge in [-0.2, -0.15) is 0 Å². The molecule has 0 saturated carbocycles. The molecule has 2 aromatic carbocycles. The highest BCUT2D eigenvalue weighted by molar-refractivity contribution is 7.99. The van der Waals surface area contributed by atoms with E-state index in [9.17, 15) is 9.59 Å². The van der Waals surface area contributed by atoms with Crippen molar-refractivity contribution in [2.45, 2.75) is 23.9 Å². The summed E-state index contributed by atoms with van der Waals surface area (Å²) >= 11 is 10.0. The van der Waals surface area contributed by atoms with E-state index >= 15 is 0 Å². The number of ketones is 1. The molecule has 4 heterocycles. The number of carbonyl (C=O) groups excluding carboxylic acids is 2. The van der Waals surface area contributed by atoms with E-state index in [4.69, 9.17) is 11.6 Å². The Morgan fingerprint density at radius 2 is 1.97 bits per heavy atom. The van der Waals surface area contributed by atoms with Gasteiger partial charge in [0.15, 0.2) is 5.78 Å². The van der Waals surface area contributed by atoms with Crippen LogP contribution in [0.5, 0.6) is 0 Å². The lowest BCUT2D eigenvalue weighted by Gasteiger charge is -2.44. The minimum atomic E-state index is -1.08. The Kier molecular flexibility index (Phi) is 3.92. The molecule has 4 nitrogen and oxygen atoms in total. The first-order valence-electron chi connectivity index (χ1n) is 10.7. The number of fused-ring (bicyclic) bond motifs is 6. The minimum absolute atomic E-state index is 0.0620. The van der Waals surface area contributed by atoms with E-state index in [-0.39, 0.29) is 23.7 Å². The summed E-state index contributed by atoms with van der Waals surface area (Å²) in [5.74, 6) is 1.56. The van der Waals surface area contributed by atoms with Crippen LogP contribution in [-0.2, 0) is 16.8 Å². The molecule has 4 atom stereocenters. The predicted molar refractivity (Wildman–Crippen MR) is 129 cm³/mol. The van der Waals surface area contributed by atoms with E-state index < -0.39 is 11.0 Å². The van der Waals surface area contributed by atoms with Gasteiger partial charge >= 0.3 is 0 Å². The van der Waals surface area contributed by atoms with Crippen molar-refractivity contribution in [2.24, 2.45) is 5.41 Å². The van der Waals surface area contributed by atoms with Gasteiger partial charge < -0.3 is 5.32 Å². The van der Waals surface area contributed by atoms with Crippen molar-refractivity contribution in [3.63, 3.8) is 0 Å². The Balaban J connectivity index is 1.60. The normalized spacial score (nSPS) is 32.5. The topological polar surface area (TPSA) is 49.4 Å². The van der Waals surface area contributed by atoms with E-state index in [0.29, 0.717) is 11.4 Å². The summed E-state index contributed by atoms with van der Waals surface area (Å²) in [7, 11) is 0. The van der Waals surface area contributed by atoms with Crippen molar-refractivity contribution in [2.75, 3.05) is 16.9 Å². The fraction of sp³-hybridized carbons (Fsp3) is 0.280. The summed E-state index contributed by atoms with van der Waals surface area (Å²) in [6.45, 7) is 0. The molecule has 1 aromatic heterocycles. The van der Waals surface area contributed by atoms with Gasteiger partial charge in [0.2, 0.25) is 0 Å². The van der Waals surface area contributed by atoms with Gasteiger partial charge in [-0.05, 0) is 41.6 Å². The number of anilines is 1. The summed E-state index contributed by atoms with van der Waals surface area (Å²) in [4.78, 5) is 32.2. The SMILES string of the molecule is O=C1Nc2ccc(Cl)cc2[C@]12N1CSC[C@H]1[C@H](c1cccs1)[C@]21Cc2ccccc2C1=O. The monoisotopic (exact) mass is 478 g/mol. The number of benzene rings is 2. The molecule has 0 radical (unpaired) electrons. The van der Waals surface area contributed by atoms with Crippen LogP contribution in [0.2, 0.25) is 5.02 Å². The van der Waals surface area contributed by atoms with Crippen molar-refractivity contribution in [1.29, 1.82) is 0 Å². The number of rotatable bonds is 1. The number of hydrogen-bond donors (Lipinski definition) is 1. The zero-order valence-electron chi connectivity index (χ0n) is 17.0. The molecule has 1 aliphatic carbocycles. The van der Waals surface area contributed by atoms with E-state index in [1.165, 1.54) is 4.88 Å². The van der Waals surface area contributed by atoms with Gasteiger partial charge in [0.05, 0.1) is 5.41 Å². The fourth-order valence-electron chi connectivity index (χ4n) is 6.84. The molecular weight excluding hydrogens is 460 g/mol. The van der Waals surface area contributed by atoms with Gasteiger partial charge in [0, 0.05) is 50.3 Å². The lowest BCUT2D eigenvalue weighted by molar-refractivity contribution is -0.130. The van der Waals surface area contributed by atoms with Crippen LogP contribution in [-0.4, -0.2) is 34.3 Å². The molecule has 2 spiro atoms. The van der Waals surface area contributed by atoms with Gasteiger partial charge in [0.1, 0.15) is 5.54 Å². The molecule has 0 unspecified atom stereocenters. The molecule has 3 aromatic rings. The Labute approximate surface area is 199 Å². The van der Waals surface area contributed by atoms with Crippen LogP contribution < -0.4 is 5.32 Å². The second-order valence-electron chi connectivity index (χ2n) is 9.02. The van der Waals surface area contributed by atoms with E-state index in [1.54, 1.807) is 17.4 Å². The summed E-state index contributed by atoms with van der Waals surface area (Å²) in [5, 5.41) is 5.80. The molecule has 1 N–H and O–H groups in total. The van der Waals surface area contributed by atoms with Gasteiger partial charge in [-0.3, -0.25) is 14.5 Å². The Bertz CT molecular complexity index is 1310. The summed E-state index contributed by atoms with van der Waals surface area (Å²) in [6, 6.07) is 17.8. The number of nitrogens with one attached hydrogen (secondary N) is 1. The standard InChI is InChI=1S/C25H19ClN2O2S2/c26-15-7-8-18-17(10-15)25(23(30)27-18)24(11-14-4-1-2-5-16(14)22(24)29)21(20-6-3-9-32-20)19-12-31-13-28(19)25/h1-10,19,21H,11-13H2,(H,27,30)/t19-,21+,24-,25-/m0/s1. The van der Waals surface area contributed by atoms with Crippen molar-refractivity contribution in [3.05, 3.63) is 86.6 Å². The average Bonchev–Trinajstić information content (AvgIpc) is 3.58. The zero-order chi connectivity index (χ0) is 21.7. The number of Topliss-reactive ketones (excluding diaryl/α,β-unsaturated/α-hetero) is 1. The number of halogens is 1. The Hall–Kier alpha value is -2.12. The molecule has 7 rings (SSSR count). The number of hydrogen-bond acceptors (Lipinski definition) is 5. The number of amides is 1. The second-order valence-corrected chi connectivity index (χ2v) is 11.4. The lowest BCUT2D eigenvalue weighted by Crippen LogP contribution is -2.58. The second kappa shape index (κ2) is 6.48. The van der Waals surface area contributed by atoms with E-state index in [0.717, 1.165) is 34.0 Å². The van der Waals surface area contributed by atoms with Crippen LogP contribution in [0.4, 0.5) is 5.69 Å². The third-order valence-electron chi connectivity index (χ3n) is 7.85. The molecule has 0 bridgehead atoms. The Morgan fingerprint density at radius 1 is 1.09 bits per heavy atom.